The second-order valence-corrected chi connectivity index (χ2v) is 7.99. The van der Waals surface area contributed by atoms with Gasteiger partial charge in [0, 0.05) is 19.6 Å². The molecule has 3 rings (SSSR count). The van der Waals surface area contributed by atoms with Crippen molar-refractivity contribution in [2.24, 2.45) is 12.0 Å². The fourth-order valence-corrected chi connectivity index (χ4v) is 4.04. The van der Waals surface area contributed by atoms with Crippen molar-refractivity contribution in [1.29, 1.82) is 0 Å². The van der Waals surface area contributed by atoms with Crippen molar-refractivity contribution in [3.8, 4) is 0 Å². The molecule has 0 radical (unpaired) electrons. The number of halogens is 1. The molecule has 1 saturated carbocycles. The molecule has 0 bridgehead atoms. The molecule has 8 heteroatoms. The first-order chi connectivity index (χ1) is 12.6. The molecule has 27 heavy (non-hydrogen) atoms. The third kappa shape index (κ3) is 6.44. The summed E-state index contributed by atoms with van der Waals surface area (Å²) in [7, 11) is 1.99. The molecule has 2 heterocycles. The van der Waals surface area contributed by atoms with Crippen molar-refractivity contribution in [2.45, 2.75) is 64.5 Å². The molecule has 1 aliphatic carbocycles. The summed E-state index contributed by atoms with van der Waals surface area (Å²) in [6, 6.07) is 2.72. The van der Waals surface area contributed by atoms with Crippen LogP contribution in [0.4, 0.5) is 0 Å². The van der Waals surface area contributed by atoms with Gasteiger partial charge in [0.1, 0.15) is 12.4 Å². The number of thiophene rings is 1. The van der Waals surface area contributed by atoms with Crippen molar-refractivity contribution in [2.75, 3.05) is 6.54 Å². The smallest absolute Gasteiger partial charge is 0.191 e. The van der Waals surface area contributed by atoms with Crippen molar-refractivity contribution < 1.29 is 0 Å². The van der Waals surface area contributed by atoms with Crippen molar-refractivity contribution in [1.82, 2.24) is 25.4 Å². The Morgan fingerprint density at radius 3 is 2.74 bits per heavy atom. The standard InChI is InChI=1S/C19H30N6S.HI/c1-14(16-9-10-26-13-16)11-20-19(22-17-7-5-4-6-8-17)21-12-18-24-23-15(2)25(18)3;/h9-10,13-14,17H,4-8,11-12H2,1-3H3,(H2,20,21,22);1H. The largest absolute Gasteiger partial charge is 0.356 e. The zero-order chi connectivity index (χ0) is 18.4. The summed E-state index contributed by atoms with van der Waals surface area (Å²) in [5, 5.41) is 19.9. The number of nitrogens with zero attached hydrogens (tertiary/aromatic N) is 4. The molecule has 1 unspecified atom stereocenters. The average Bonchev–Trinajstić information content (AvgIpc) is 3.30. The van der Waals surface area contributed by atoms with Crippen LogP contribution in [-0.4, -0.2) is 33.3 Å². The minimum Gasteiger partial charge on any atom is -0.356 e. The van der Waals surface area contributed by atoms with Crippen LogP contribution < -0.4 is 10.6 Å². The van der Waals surface area contributed by atoms with E-state index in [4.69, 9.17) is 4.99 Å². The molecule has 2 aromatic rings. The molecule has 6 nitrogen and oxygen atoms in total. The molecule has 0 spiro atoms. The zero-order valence-electron chi connectivity index (χ0n) is 16.4. The minimum atomic E-state index is 0. The Morgan fingerprint density at radius 1 is 1.33 bits per heavy atom. The van der Waals surface area contributed by atoms with E-state index in [1.165, 1.54) is 37.7 Å². The topological polar surface area (TPSA) is 67.1 Å². The van der Waals surface area contributed by atoms with Gasteiger partial charge in [-0.15, -0.1) is 34.2 Å². The molecule has 0 aliphatic heterocycles. The second-order valence-electron chi connectivity index (χ2n) is 7.21. The normalized spacial score (nSPS) is 16.6. The highest BCUT2D eigenvalue weighted by Crippen LogP contribution is 2.18. The second kappa shape index (κ2) is 11.0. The van der Waals surface area contributed by atoms with Crippen LogP contribution in [0.25, 0.3) is 0 Å². The Morgan fingerprint density at radius 2 is 2.11 bits per heavy atom. The van der Waals surface area contributed by atoms with E-state index in [0.717, 1.165) is 24.2 Å². The maximum atomic E-state index is 4.79. The van der Waals surface area contributed by atoms with E-state index in [0.29, 0.717) is 18.5 Å². The first kappa shape index (κ1) is 22.1. The van der Waals surface area contributed by atoms with Gasteiger partial charge >= 0.3 is 0 Å². The summed E-state index contributed by atoms with van der Waals surface area (Å²) < 4.78 is 2.00. The minimum absolute atomic E-state index is 0. The van der Waals surface area contributed by atoms with Crippen LogP contribution in [0.5, 0.6) is 0 Å². The van der Waals surface area contributed by atoms with Gasteiger partial charge in [0.05, 0.1) is 0 Å². The number of rotatable bonds is 6. The van der Waals surface area contributed by atoms with Gasteiger partial charge < -0.3 is 15.2 Å². The highest BCUT2D eigenvalue weighted by Gasteiger charge is 2.16. The maximum Gasteiger partial charge on any atom is 0.191 e. The predicted octanol–water partition coefficient (Wildman–Crippen LogP) is 3.97. The lowest BCUT2D eigenvalue weighted by atomic mass is 9.96. The quantitative estimate of drug-likeness (QED) is 0.357. The average molecular weight is 502 g/mol. The summed E-state index contributed by atoms with van der Waals surface area (Å²) in [4.78, 5) is 4.79. The van der Waals surface area contributed by atoms with E-state index >= 15 is 0 Å². The van der Waals surface area contributed by atoms with E-state index in [-0.39, 0.29) is 24.0 Å². The summed E-state index contributed by atoms with van der Waals surface area (Å²) in [6.07, 6.45) is 6.41. The summed E-state index contributed by atoms with van der Waals surface area (Å²) in [6.45, 7) is 5.61. The molecule has 2 N–H and O–H groups in total. The molecule has 0 saturated heterocycles. The highest BCUT2D eigenvalue weighted by molar-refractivity contribution is 14.0. The molecule has 1 aliphatic rings. The molecular formula is C19H31IN6S. The van der Waals surface area contributed by atoms with Crippen LogP contribution in [0.1, 0.15) is 62.2 Å². The van der Waals surface area contributed by atoms with Crippen LogP contribution in [0.3, 0.4) is 0 Å². The van der Waals surface area contributed by atoms with Crippen LogP contribution in [0.15, 0.2) is 21.8 Å². The molecule has 0 amide bonds. The van der Waals surface area contributed by atoms with E-state index < -0.39 is 0 Å². The fraction of sp³-hybridized carbons (Fsp3) is 0.632. The van der Waals surface area contributed by atoms with Crippen LogP contribution in [-0.2, 0) is 13.6 Å². The third-order valence-corrected chi connectivity index (χ3v) is 5.90. The van der Waals surface area contributed by atoms with Crippen LogP contribution in [0.2, 0.25) is 0 Å². The van der Waals surface area contributed by atoms with Crippen molar-refractivity contribution in [3.05, 3.63) is 34.0 Å². The lowest BCUT2D eigenvalue weighted by Crippen LogP contribution is -2.45. The van der Waals surface area contributed by atoms with Gasteiger partial charge in [-0.05, 0) is 48.1 Å². The summed E-state index contributed by atoms with van der Waals surface area (Å²) in [5.74, 6) is 3.14. The predicted molar refractivity (Wildman–Crippen MR) is 123 cm³/mol. The lowest BCUT2D eigenvalue weighted by molar-refractivity contribution is 0.409. The van der Waals surface area contributed by atoms with Crippen LogP contribution in [0, 0.1) is 6.92 Å². The first-order valence-electron chi connectivity index (χ1n) is 9.55. The van der Waals surface area contributed by atoms with Gasteiger partial charge in [0.2, 0.25) is 0 Å². The SMILES string of the molecule is Cc1nnc(CN=C(NCC(C)c2ccsc2)NC2CCCCC2)n1C.I. The van der Waals surface area contributed by atoms with Gasteiger partial charge in [-0.25, -0.2) is 4.99 Å². The fourth-order valence-electron chi connectivity index (χ4n) is 3.25. The van der Waals surface area contributed by atoms with Gasteiger partial charge in [0.15, 0.2) is 11.8 Å². The third-order valence-electron chi connectivity index (χ3n) is 5.20. The van der Waals surface area contributed by atoms with Gasteiger partial charge in [-0.3, -0.25) is 0 Å². The molecular weight excluding hydrogens is 471 g/mol. The van der Waals surface area contributed by atoms with Crippen molar-refractivity contribution >= 4 is 41.3 Å². The number of hydrogen-bond acceptors (Lipinski definition) is 4. The Labute approximate surface area is 183 Å². The highest BCUT2D eigenvalue weighted by atomic mass is 127. The van der Waals surface area contributed by atoms with E-state index in [9.17, 15) is 0 Å². The van der Waals surface area contributed by atoms with E-state index in [1.54, 1.807) is 11.3 Å². The molecule has 150 valence electrons. The molecule has 1 fully saturated rings. The van der Waals surface area contributed by atoms with E-state index in [2.05, 4.69) is 44.6 Å². The first-order valence-corrected chi connectivity index (χ1v) is 10.5. The van der Waals surface area contributed by atoms with Crippen LogP contribution >= 0.6 is 35.3 Å². The molecule has 0 aromatic carbocycles. The Bertz CT molecular complexity index is 706. The summed E-state index contributed by atoms with van der Waals surface area (Å²) >= 11 is 1.75. The number of aliphatic imine (C=N–C) groups is 1. The van der Waals surface area contributed by atoms with Gasteiger partial charge in [-0.1, -0.05) is 26.2 Å². The molecule has 2 aromatic heterocycles. The van der Waals surface area contributed by atoms with Gasteiger partial charge in [-0.2, -0.15) is 11.3 Å². The Kier molecular flexibility index (Phi) is 9.01. The monoisotopic (exact) mass is 502 g/mol. The lowest BCUT2D eigenvalue weighted by Gasteiger charge is -2.25. The van der Waals surface area contributed by atoms with Crippen molar-refractivity contribution in [3.63, 3.8) is 0 Å². The van der Waals surface area contributed by atoms with Gasteiger partial charge in [0.25, 0.3) is 0 Å². The number of nitrogens with one attached hydrogen (secondary N) is 2. The van der Waals surface area contributed by atoms with E-state index in [1.807, 2.05) is 18.5 Å². The summed E-state index contributed by atoms with van der Waals surface area (Å²) in [5.41, 5.74) is 1.38. The molecule has 1 atom stereocenters. The Hall–Kier alpha value is -1.16. The number of aromatic nitrogens is 3. The number of aryl methyl sites for hydroxylation is 1. The Balaban J connectivity index is 0.00000261. The number of hydrogen-bond donors (Lipinski definition) is 2. The number of guanidine groups is 1. The maximum absolute atomic E-state index is 4.79. The zero-order valence-corrected chi connectivity index (χ0v) is 19.6.